The molecule has 0 aliphatic carbocycles. The first-order valence-electron chi connectivity index (χ1n) is 5.71. The van der Waals surface area contributed by atoms with Gasteiger partial charge >= 0.3 is 0 Å². The zero-order valence-electron chi connectivity index (χ0n) is 9.93. The molecule has 0 saturated heterocycles. The van der Waals surface area contributed by atoms with Crippen LogP contribution in [-0.4, -0.2) is 4.57 Å². The van der Waals surface area contributed by atoms with Crippen LogP contribution in [0.4, 0.5) is 0 Å². The number of halogens is 1. The lowest BCUT2D eigenvalue weighted by Crippen LogP contribution is -1.82. The van der Waals surface area contributed by atoms with Gasteiger partial charge in [-0.15, -0.1) is 0 Å². The first-order chi connectivity index (χ1) is 8.74. The molecular weight excluding hydrogens is 262 g/mol. The summed E-state index contributed by atoms with van der Waals surface area (Å²) in [6.45, 7) is 0. The van der Waals surface area contributed by atoms with E-state index in [4.69, 9.17) is 11.6 Å². The standard InChI is InChI=1S/C15H12ClNS/c1-17-10-15(18-12-5-3-2-4-6-12)13-9-11(16)7-8-14(13)17/h2-10H,1H3. The molecular formula is C15H12ClNS. The summed E-state index contributed by atoms with van der Waals surface area (Å²) in [7, 11) is 2.06. The number of rotatable bonds is 2. The second-order valence-corrected chi connectivity index (χ2v) is 5.73. The van der Waals surface area contributed by atoms with Gasteiger partial charge in [0, 0.05) is 39.0 Å². The highest BCUT2D eigenvalue weighted by molar-refractivity contribution is 7.99. The van der Waals surface area contributed by atoms with Crippen LogP contribution in [0.1, 0.15) is 0 Å². The fourth-order valence-corrected chi connectivity index (χ4v) is 3.23. The minimum absolute atomic E-state index is 0.781. The summed E-state index contributed by atoms with van der Waals surface area (Å²) in [6.07, 6.45) is 2.15. The van der Waals surface area contributed by atoms with Crippen molar-refractivity contribution in [1.29, 1.82) is 0 Å². The molecule has 3 rings (SSSR count). The van der Waals surface area contributed by atoms with E-state index in [1.54, 1.807) is 11.8 Å². The van der Waals surface area contributed by atoms with Gasteiger partial charge in [-0.25, -0.2) is 0 Å². The monoisotopic (exact) mass is 273 g/mol. The van der Waals surface area contributed by atoms with Crippen LogP contribution in [0.3, 0.4) is 0 Å². The van der Waals surface area contributed by atoms with Crippen molar-refractivity contribution < 1.29 is 0 Å². The fraction of sp³-hybridized carbons (Fsp3) is 0.0667. The molecule has 3 aromatic rings. The van der Waals surface area contributed by atoms with Gasteiger partial charge < -0.3 is 4.57 Å². The Morgan fingerprint density at radius 3 is 2.61 bits per heavy atom. The Bertz CT molecular complexity index is 688. The average Bonchev–Trinajstić information content (AvgIpc) is 2.67. The maximum Gasteiger partial charge on any atom is 0.0490 e. The predicted molar refractivity (Wildman–Crippen MR) is 78.5 cm³/mol. The zero-order valence-corrected chi connectivity index (χ0v) is 11.5. The van der Waals surface area contributed by atoms with Crippen LogP contribution >= 0.6 is 23.4 Å². The van der Waals surface area contributed by atoms with E-state index >= 15 is 0 Å². The van der Waals surface area contributed by atoms with Crippen LogP contribution in [0.25, 0.3) is 10.9 Å². The van der Waals surface area contributed by atoms with E-state index in [9.17, 15) is 0 Å². The van der Waals surface area contributed by atoms with Crippen LogP contribution in [0.15, 0.2) is 64.5 Å². The topological polar surface area (TPSA) is 4.93 Å². The number of hydrogen-bond donors (Lipinski definition) is 0. The van der Waals surface area contributed by atoms with E-state index in [0.29, 0.717) is 0 Å². The smallest absolute Gasteiger partial charge is 0.0490 e. The lowest BCUT2D eigenvalue weighted by Gasteiger charge is -1.99. The van der Waals surface area contributed by atoms with Crippen molar-refractivity contribution in [2.75, 3.05) is 0 Å². The van der Waals surface area contributed by atoms with Gasteiger partial charge in [0.1, 0.15) is 0 Å². The highest BCUT2D eigenvalue weighted by Crippen LogP contribution is 2.35. The summed E-state index contributed by atoms with van der Waals surface area (Å²) in [4.78, 5) is 2.48. The maximum absolute atomic E-state index is 6.08. The Hall–Kier alpha value is -1.38. The Kier molecular flexibility index (Phi) is 3.06. The average molecular weight is 274 g/mol. The molecule has 0 saturated carbocycles. The van der Waals surface area contributed by atoms with Crippen LogP contribution in [0.5, 0.6) is 0 Å². The normalized spacial score (nSPS) is 11.0. The third-order valence-electron chi connectivity index (χ3n) is 2.89. The van der Waals surface area contributed by atoms with Gasteiger partial charge in [-0.1, -0.05) is 41.6 Å². The van der Waals surface area contributed by atoms with E-state index in [1.807, 2.05) is 18.2 Å². The van der Waals surface area contributed by atoms with Gasteiger partial charge in [-0.3, -0.25) is 0 Å². The van der Waals surface area contributed by atoms with Gasteiger partial charge in [-0.05, 0) is 30.3 Å². The third kappa shape index (κ3) is 2.14. The van der Waals surface area contributed by atoms with E-state index < -0.39 is 0 Å². The molecule has 0 aliphatic heterocycles. The van der Waals surface area contributed by atoms with E-state index in [1.165, 1.54) is 20.7 Å². The highest BCUT2D eigenvalue weighted by Gasteiger charge is 2.08. The molecule has 0 N–H and O–H groups in total. The van der Waals surface area contributed by atoms with E-state index in [-0.39, 0.29) is 0 Å². The molecule has 1 aromatic heterocycles. The molecule has 1 heterocycles. The Morgan fingerprint density at radius 1 is 1.06 bits per heavy atom. The second-order valence-electron chi connectivity index (χ2n) is 4.18. The molecule has 1 nitrogen and oxygen atoms in total. The summed E-state index contributed by atoms with van der Waals surface area (Å²) >= 11 is 7.85. The van der Waals surface area contributed by atoms with Crippen molar-refractivity contribution in [2.24, 2.45) is 7.05 Å². The molecule has 0 amide bonds. The summed E-state index contributed by atoms with van der Waals surface area (Å²) < 4.78 is 2.14. The van der Waals surface area contributed by atoms with Crippen molar-refractivity contribution in [3.05, 3.63) is 59.8 Å². The molecule has 0 atom stereocenters. The summed E-state index contributed by atoms with van der Waals surface area (Å²) in [5.41, 5.74) is 1.21. The van der Waals surface area contributed by atoms with Crippen molar-refractivity contribution in [3.8, 4) is 0 Å². The maximum atomic E-state index is 6.08. The van der Waals surface area contributed by atoms with Crippen molar-refractivity contribution in [3.63, 3.8) is 0 Å². The number of hydrogen-bond acceptors (Lipinski definition) is 1. The summed E-state index contributed by atoms with van der Waals surface area (Å²) in [5, 5.41) is 1.99. The minimum Gasteiger partial charge on any atom is -0.349 e. The van der Waals surface area contributed by atoms with Crippen molar-refractivity contribution in [1.82, 2.24) is 4.57 Å². The van der Waals surface area contributed by atoms with Gasteiger partial charge in [-0.2, -0.15) is 0 Å². The van der Waals surface area contributed by atoms with Crippen LogP contribution < -0.4 is 0 Å². The molecule has 0 radical (unpaired) electrons. The van der Waals surface area contributed by atoms with Crippen molar-refractivity contribution in [2.45, 2.75) is 9.79 Å². The SMILES string of the molecule is Cn1cc(Sc2ccccc2)c2cc(Cl)ccc21. The first-order valence-corrected chi connectivity index (χ1v) is 6.91. The molecule has 0 aliphatic rings. The Labute approximate surface area is 115 Å². The van der Waals surface area contributed by atoms with Gasteiger partial charge in [0.25, 0.3) is 0 Å². The molecule has 0 unspecified atom stereocenters. The number of benzene rings is 2. The van der Waals surface area contributed by atoms with Gasteiger partial charge in [0.05, 0.1) is 0 Å². The summed E-state index contributed by atoms with van der Waals surface area (Å²) in [6, 6.07) is 16.4. The molecule has 2 aromatic carbocycles. The largest absolute Gasteiger partial charge is 0.349 e. The molecule has 90 valence electrons. The number of aryl methyl sites for hydroxylation is 1. The molecule has 0 spiro atoms. The molecule has 18 heavy (non-hydrogen) atoms. The predicted octanol–water partition coefficient (Wildman–Crippen LogP) is 4.98. The van der Waals surface area contributed by atoms with E-state index in [2.05, 4.69) is 48.1 Å². The van der Waals surface area contributed by atoms with Crippen molar-refractivity contribution >= 4 is 34.3 Å². The van der Waals surface area contributed by atoms with Crippen LogP contribution in [0.2, 0.25) is 5.02 Å². The second kappa shape index (κ2) is 4.71. The van der Waals surface area contributed by atoms with Gasteiger partial charge in [0.15, 0.2) is 0 Å². The fourth-order valence-electron chi connectivity index (χ4n) is 2.02. The van der Waals surface area contributed by atoms with Gasteiger partial charge in [0.2, 0.25) is 0 Å². The Morgan fingerprint density at radius 2 is 1.83 bits per heavy atom. The summed E-state index contributed by atoms with van der Waals surface area (Å²) in [5.74, 6) is 0. The van der Waals surface area contributed by atoms with Crippen LogP contribution in [-0.2, 0) is 7.05 Å². The minimum atomic E-state index is 0.781. The number of fused-ring (bicyclic) bond motifs is 1. The van der Waals surface area contributed by atoms with Crippen LogP contribution in [0, 0.1) is 0 Å². The highest BCUT2D eigenvalue weighted by atomic mass is 35.5. The lowest BCUT2D eigenvalue weighted by atomic mass is 10.2. The molecule has 3 heteroatoms. The lowest BCUT2D eigenvalue weighted by molar-refractivity contribution is 0.957. The molecule has 0 fully saturated rings. The quantitative estimate of drug-likeness (QED) is 0.637. The molecule has 0 bridgehead atoms. The third-order valence-corrected chi connectivity index (χ3v) is 4.17. The number of nitrogens with zero attached hydrogens (tertiary/aromatic N) is 1. The zero-order chi connectivity index (χ0) is 12.5. The first kappa shape index (κ1) is 11.7. The Balaban J connectivity index is 2.09. The van der Waals surface area contributed by atoms with E-state index in [0.717, 1.165) is 5.02 Å². The number of aromatic nitrogens is 1.